The van der Waals surface area contributed by atoms with Crippen LogP contribution in [-0.4, -0.2) is 42.3 Å². The molecular weight excluding hydrogens is 467 g/mol. The van der Waals surface area contributed by atoms with Gasteiger partial charge in [0.25, 0.3) is 0 Å². The lowest BCUT2D eigenvalue weighted by Crippen LogP contribution is -2.40. The molecule has 1 saturated heterocycles. The summed E-state index contributed by atoms with van der Waals surface area (Å²) in [5, 5.41) is 7.42. The molecule has 1 fully saturated rings. The van der Waals surface area contributed by atoms with Crippen LogP contribution in [0.5, 0.6) is 0 Å². The Hall–Kier alpha value is -1.61. The van der Waals surface area contributed by atoms with E-state index in [9.17, 15) is 0 Å². The van der Waals surface area contributed by atoms with Crippen LogP contribution in [0.1, 0.15) is 37.3 Å². The fraction of sp³-hybridized carbons (Fsp3) is 0.524. The highest BCUT2D eigenvalue weighted by atomic mass is 127. The van der Waals surface area contributed by atoms with Gasteiger partial charge in [0.05, 0.1) is 18.9 Å². The average molecular weight is 498 g/mol. The number of aliphatic imine (C=N–C) groups is 1. The predicted molar refractivity (Wildman–Crippen MR) is 122 cm³/mol. The lowest BCUT2D eigenvalue weighted by Gasteiger charge is -2.21. The molecule has 1 unspecified atom stereocenters. The van der Waals surface area contributed by atoms with Crippen molar-refractivity contribution in [2.24, 2.45) is 10.9 Å². The Morgan fingerprint density at radius 3 is 2.86 bits per heavy atom. The van der Waals surface area contributed by atoms with Gasteiger partial charge >= 0.3 is 0 Å². The highest BCUT2D eigenvalue weighted by Crippen LogP contribution is 2.18. The van der Waals surface area contributed by atoms with Gasteiger partial charge in [-0.15, -0.1) is 24.0 Å². The molecule has 1 atom stereocenters. The van der Waals surface area contributed by atoms with Crippen LogP contribution in [0, 0.1) is 5.92 Å². The number of ether oxygens (including phenoxy) is 1. The number of rotatable bonds is 8. The molecule has 0 amide bonds. The third-order valence-electron chi connectivity index (χ3n) is 4.74. The van der Waals surface area contributed by atoms with Gasteiger partial charge in [-0.3, -0.25) is 0 Å². The molecular formula is C21H31IN4O2. The molecule has 1 aromatic heterocycles. The van der Waals surface area contributed by atoms with Crippen molar-refractivity contribution in [1.29, 1.82) is 0 Å². The second-order valence-corrected chi connectivity index (χ2v) is 6.91. The van der Waals surface area contributed by atoms with Crippen LogP contribution in [0.2, 0.25) is 0 Å². The first-order valence-electron chi connectivity index (χ1n) is 9.87. The van der Waals surface area contributed by atoms with Crippen molar-refractivity contribution >= 4 is 29.9 Å². The normalized spacial score (nSPS) is 16.9. The van der Waals surface area contributed by atoms with Gasteiger partial charge in [-0.2, -0.15) is 0 Å². The lowest BCUT2D eigenvalue weighted by molar-refractivity contribution is 0.0906. The van der Waals surface area contributed by atoms with Crippen LogP contribution in [0.3, 0.4) is 0 Å². The lowest BCUT2D eigenvalue weighted by atomic mass is 10.1. The first kappa shape index (κ1) is 22.7. The van der Waals surface area contributed by atoms with E-state index < -0.39 is 0 Å². The summed E-state index contributed by atoms with van der Waals surface area (Å²) in [6.45, 7) is 8.96. The number of hydrogen-bond acceptors (Lipinski definition) is 4. The second-order valence-electron chi connectivity index (χ2n) is 6.91. The van der Waals surface area contributed by atoms with E-state index in [0.29, 0.717) is 19.1 Å². The summed E-state index contributed by atoms with van der Waals surface area (Å²) in [5.74, 6) is 2.29. The number of nitrogens with zero attached hydrogens (tertiary/aromatic N) is 3. The first-order chi connectivity index (χ1) is 13.3. The quantitative estimate of drug-likeness (QED) is 0.340. The van der Waals surface area contributed by atoms with Gasteiger partial charge in [-0.1, -0.05) is 42.4 Å². The van der Waals surface area contributed by atoms with Crippen LogP contribution in [-0.2, 0) is 24.3 Å². The number of likely N-dealkylation sites (tertiary alicyclic amines) is 1. The zero-order valence-corrected chi connectivity index (χ0v) is 19.1. The van der Waals surface area contributed by atoms with Crippen LogP contribution in [0.4, 0.5) is 0 Å². The molecule has 1 aliphatic rings. The largest absolute Gasteiger partial charge is 0.376 e. The number of nitrogens with one attached hydrogen (secondary N) is 1. The van der Waals surface area contributed by atoms with Crippen LogP contribution in [0.15, 0.2) is 45.9 Å². The van der Waals surface area contributed by atoms with Crippen LogP contribution < -0.4 is 5.32 Å². The maximum absolute atomic E-state index is 5.93. The molecule has 1 aliphatic heterocycles. The topological polar surface area (TPSA) is 62.9 Å². The van der Waals surface area contributed by atoms with Crippen molar-refractivity contribution in [2.75, 3.05) is 26.2 Å². The van der Waals surface area contributed by atoms with Gasteiger partial charge in [0.1, 0.15) is 6.54 Å². The first-order valence-corrected chi connectivity index (χ1v) is 9.87. The molecule has 0 radical (unpaired) electrons. The molecule has 2 heterocycles. The second kappa shape index (κ2) is 12.1. The van der Waals surface area contributed by atoms with Gasteiger partial charge in [-0.25, -0.2) is 4.99 Å². The van der Waals surface area contributed by atoms with E-state index >= 15 is 0 Å². The maximum Gasteiger partial charge on any atom is 0.194 e. The number of guanidine groups is 1. The zero-order chi connectivity index (χ0) is 18.9. The summed E-state index contributed by atoms with van der Waals surface area (Å²) < 4.78 is 11.3. The third-order valence-corrected chi connectivity index (χ3v) is 4.74. The van der Waals surface area contributed by atoms with Crippen molar-refractivity contribution < 1.29 is 9.26 Å². The summed E-state index contributed by atoms with van der Waals surface area (Å²) in [6, 6.07) is 12.3. The van der Waals surface area contributed by atoms with E-state index in [0.717, 1.165) is 56.5 Å². The van der Waals surface area contributed by atoms with Crippen molar-refractivity contribution in [2.45, 2.75) is 39.8 Å². The SMILES string of the molecule is CCNC(=NCc1cc(CC)no1)N1CCC(COCc2ccccc2)C1.I. The molecule has 7 heteroatoms. The number of halogens is 1. The van der Waals surface area contributed by atoms with E-state index in [1.807, 2.05) is 24.3 Å². The Morgan fingerprint density at radius 2 is 2.14 bits per heavy atom. The molecule has 0 saturated carbocycles. The Bertz CT molecular complexity index is 720. The minimum absolute atomic E-state index is 0. The number of hydrogen-bond donors (Lipinski definition) is 1. The Morgan fingerprint density at radius 1 is 1.32 bits per heavy atom. The molecule has 6 nitrogen and oxygen atoms in total. The summed E-state index contributed by atoms with van der Waals surface area (Å²) in [7, 11) is 0. The van der Waals surface area contributed by atoms with Crippen molar-refractivity contribution in [3.05, 3.63) is 53.4 Å². The number of aryl methyl sites for hydroxylation is 1. The summed E-state index contributed by atoms with van der Waals surface area (Å²) >= 11 is 0. The average Bonchev–Trinajstić information content (AvgIpc) is 3.35. The monoisotopic (exact) mass is 498 g/mol. The fourth-order valence-corrected chi connectivity index (χ4v) is 3.25. The predicted octanol–water partition coefficient (Wildman–Crippen LogP) is 3.86. The smallest absolute Gasteiger partial charge is 0.194 e. The minimum atomic E-state index is 0. The summed E-state index contributed by atoms with van der Waals surface area (Å²) in [6.07, 6.45) is 2.01. The molecule has 1 N–H and O–H groups in total. The van der Waals surface area contributed by atoms with Gasteiger partial charge in [0, 0.05) is 31.6 Å². The molecule has 0 spiro atoms. The van der Waals surface area contributed by atoms with E-state index in [4.69, 9.17) is 14.3 Å². The Balaban J connectivity index is 0.00000280. The van der Waals surface area contributed by atoms with E-state index in [1.165, 1.54) is 5.56 Å². The maximum atomic E-state index is 5.93. The zero-order valence-electron chi connectivity index (χ0n) is 16.8. The molecule has 0 aliphatic carbocycles. The standard InChI is InChI=1S/C21H30N4O2.HI/c1-3-19-12-20(27-24-19)13-23-21(22-4-2)25-11-10-18(14-25)16-26-15-17-8-6-5-7-9-17;/h5-9,12,18H,3-4,10-11,13-16H2,1-2H3,(H,22,23);1H. The fourth-order valence-electron chi connectivity index (χ4n) is 3.25. The van der Waals surface area contributed by atoms with Gasteiger partial charge in [0.2, 0.25) is 0 Å². The van der Waals surface area contributed by atoms with Crippen LogP contribution in [0.25, 0.3) is 0 Å². The third kappa shape index (κ3) is 6.77. The van der Waals surface area contributed by atoms with E-state index in [1.54, 1.807) is 0 Å². The molecule has 2 aromatic rings. The molecule has 3 rings (SSSR count). The van der Waals surface area contributed by atoms with Crippen molar-refractivity contribution in [1.82, 2.24) is 15.4 Å². The Labute approximate surface area is 184 Å². The van der Waals surface area contributed by atoms with Gasteiger partial charge < -0.3 is 19.5 Å². The van der Waals surface area contributed by atoms with Gasteiger partial charge in [-0.05, 0) is 25.3 Å². The number of benzene rings is 1. The van der Waals surface area contributed by atoms with Crippen LogP contribution >= 0.6 is 24.0 Å². The highest BCUT2D eigenvalue weighted by Gasteiger charge is 2.25. The summed E-state index contributed by atoms with van der Waals surface area (Å²) in [5.41, 5.74) is 2.20. The van der Waals surface area contributed by atoms with E-state index in [2.05, 4.69) is 41.4 Å². The van der Waals surface area contributed by atoms with Crippen molar-refractivity contribution in [3.8, 4) is 0 Å². The molecule has 154 valence electrons. The summed E-state index contributed by atoms with van der Waals surface area (Å²) in [4.78, 5) is 7.05. The van der Waals surface area contributed by atoms with E-state index in [-0.39, 0.29) is 24.0 Å². The number of aromatic nitrogens is 1. The molecule has 0 bridgehead atoms. The molecule has 28 heavy (non-hydrogen) atoms. The minimum Gasteiger partial charge on any atom is -0.376 e. The van der Waals surface area contributed by atoms with Crippen molar-refractivity contribution in [3.63, 3.8) is 0 Å². The molecule has 1 aromatic carbocycles. The van der Waals surface area contributed by atoms with Gasteiger partial charge in [0.15, 0.2) is 11.7 Å². The highest BCUT2D eigenvalue weighted by molar-refractivity contribution is 14.0. The Kier molecular flexibility index (Phi) is 9.77.